The summed E-state index contributed by atoms with van der Waals surface area (Å²) in [5, 5.41) is 12.5. The average molecular weight is 723 g/mol. The number of carbonyl (C=O) groups excluding carboxylic acids is 1. The number of piperidine rings is 1. The highest BCUT2D eigenvalue weighted by atomic mass is 127. The zero-order chi connectivity index (χ0) is 26.5. The number of nitrogens with one attached hydrogen (secondary N) is 2. The van der Waals surface area contributed by atoms with Crippen molar-refractivity contribution in [2.45, 2.75) is 32.7 Å². The molecule has 2 aromatic heterocycles. The third-order valence-electron chi connectivity index (χ3n) is 6.21. The number of rotatable bonds is 8. The molecule has 1 amide bonds. The summed E-state index contributed by atoms with van der Waals surface area (Å²) in [7, 11) is 0. The van der Waals surface area contributed by atoms with E-state index in [-0.39, 0.29) is 17.7 Å². The monoisotopic (exact) mass is 723 g/mol. The molecule has 4 rings (SSSR count). The number of pyridine rings is 1. The van der Waals surface area contributed by atoms with Gasteiger partial charge in [0.05, 0.1) is 57.0 Å². The second-order valence-electron chi connectivity index (χ2n) is 8.73. The minimum Gasteiger partial charge on any atom is -0.439 e. The molecular weight excluding hydrogens is 696 g/mol. The Hall–Kier alpha value is -2.81. The van der Waals surface area contributed by atoms with Crippen molar-refractivity contribution in [2.24, 2.45) is 0 Å². The molecular formula is C26H27I2N7O2. The predicted molar refractivity (Wildman–Crippen MR) is 162 cm³/mol. The van der Waals surface area contributed by atoms with E-state index >= 15 is 0 Å². The number of carbonyl (C=O) groups is 1. The molecule has 1 atom stereocenters. The van der Waals surface area contributed by atoms with E-state index in [9.17, 15) is 4.79 Å². The van der Waals surface area contributed by atoms with Crippen LogP contribution in [0.25, 0.3) is 0 Å². The molecule has 1 aliphatic heterocycles. The van der Waals surface area contributed by atoms with Gasteiger partial charge < -0.3 is 15.0 Å². The molecule has 192 valence electrons. The maximum atomic E-state index is 12.1. The zero-order valence-corrected chi connectivity index (χ0v) is 24.9. The van der Waals surface area contributed by atoms with Crippen LogP contribution in [-0.2, 0) is 4.79 Å². The van der Waals surface area contributed by atoms with Crippen LogP contribution in [0.4, 0.5) is 11.6 Å². The van der Waals surface area contributed by atoms with Crippen molar-refractivity contribution in [1.82, 2.24) is 19.9 Å². The smallest absolute Gasteiger partial charge is 0.246 e. The Morgan fingerprint density at radius 3 is 2.70 bits per heavy atom. The quantitative estimate of drug-likeness (QED) is 0.131. The van der Waals surface area contributed by atoms with Crippen LogP contribution in [0.15, 0.2) is 55.5 Å². The molecule has 9 nitrogen and oxygen atoms in total. The van der Waals surface area contributed by atoms with Gasteiger partial charge in [-0.15, -0.1) is 0 Å². The lowest BCUT2D eigenvalue weighted by Crippen LogP contribution is -2.44. The first-order chi connectivity index (χ1) is 17.8. The van der Waals surface area contributed by atoms with Crippen LogP contribution < -0.4 is 11.4 Å². The Kier molecular flexibility index (Phi) is 8.95. The standard InChI is InChI=1S/C26H27I2N7O2/c1-4-22(36)34-11-5-6-19(14-34)33-25-23(26(35(27)28)32-15-31-25)24(29)18-8-10-21(30-13-18)37-20-9-7-16(2)17(3)12-20/h4,7-10,12-13,15,19,29H,1,5-6,11,14H2,2-3H3,(H,31,32,33). The molecule has 2 N–H and O–H groups in total. The van der Waals surface area contributed by atoms with Crippen molar-refractivity contribution in [3.8, 4) is 11.6 Å². The summed E-state index contributed by atoms with van der Waals surface area (Å²) >= 11 is 4.24. The van der Waals surface area contributed by atoms with Crippen molar-refractivity contribution >= 4 is 69.0 Å². The first-order valence-electron chi connectivity index (χ1n) is 11.7. The summed E-state index contributed by atoms with van der Waals surface area (Å²) in [4.78, 5) is 27.2. The Balaban J connectivity index is 1.58. The number of hydrogen-bond acceptors (Lipinski definition) is 8. The second kappa shape index (κ2) is 12.2. The van der Waals surface area contributed by atoms with Gasteiger partial charge in [-0.25, -0.2) is 16.3 Å². The van der Waals surface area contributed by atoms with Crippen LogP contribution in [0.3, 0.4) is 0 Å². The van der Waals surface area contributed by atoms with E-state index in [0.717, 1.165) is 18.4 Å². The summed E-state index contributed by atoms with van der Waals surface area (Å²) < 4.78 is 7.71. The molecule has 3 aromatic rings. The topological polar surface area (TPSA) is 107 Å². The molecule has 0 spiro atoms. The molecule has 37 heavy (non-hydrogen) atoms. The van der Waals surface area contributed by atoms with Gasteiger partial charge in [0.1, 0.15) is 17.9 Å². The fraction of sp³-hybridized carbons (Fsp3) is 0.269. The summed E-state index contributed by atoms with van der Waals surface area (Å²) in [5.74, 6) is 2.21. The molecule has 3 heterocycles. The average Bonchev–Trinajstić information content (AvgIpc) is 2.90. The Morgan fingerprint density at radius 1 is 1.22 bits per heavy atom. The highest BCUT2D eigenvalue weighted by Gasteiger charge is 2.26. The van der Waals surface area contributed by atoms with Gasteiger partial charge >= 0.3 is 0 Å². The van der Waals surface area contributed by atoms with Crippen LogP contribution >= 0.6 is 45.7 Å². The summed E-state index contributed by atoms with van der Waals surface area (Å²) in [6, 6.07) is 9.46. The van der Waals surface area contributed by atoms with Gasteiger partial charge in [0.25, 0.3) is 0 Å². The van der Waals surface area contributed by atoms with E-state index in [1.165, 1.54) is 18.0 Å². The first-order valence-corrected chi connectivity index (χ1v) is 13.6. The Labute approximate surface area is 244 Å². The van der Waals surface area contributed by atoms with Crippen LogP contribution in [0.5, 0.6) is 11.6 Å². The van der Waals surface area contributed by atoms with Gasteiger partial charge in [0.2, 0.25) is 11.8 Å². The number of anilines is 2. The van der Waals surface area contributed by atoms with E-state index in [1.54, 1.807) is 18.5 Å². The molecule has 0 saturated carbocycles. The number of aromatic nitrogens is 3. The van der Waals surface area contributed by atoms with Crippen molar-refractivity contribution < 1.29 is 9.53 Å². The minimum atomic E-state index is -0.0808. The second-order valence-corrected chi connectivity index (χ2v) is 12.5. The summed E-state index contributed by atoms with van der Waals surface area (Å²) in [6.07, 6.45) is 6.20. The van der Waals surface area contributed by atoms with Crippen LogP contribution in [0.1, 0.15) is 35.1 Å². The van der Waals surface area contributed by atoms with Gasteiger partial charge in [-0.2, -0.15) is 0 Å². The molecule has 1 fully saturated rings. The Morgan fingerprint density at radius 2 is 2.03 bits per heavy atom. The normalized spacial score (nSPS) is 15.1. The number of aryl methyl sites for hydroxylation is 2. The number of halogens is 2. The lowest BCUT2D eigenvalue weighted by atomic mass is 10.0. The molecule has 11 heteroatoms. The number of ether oxygens (including phenoxy) is 1. The first kappa shape index (κ1) is 27.2. The number of nitrogens with zero attached hydrogens (tertiary/aromatic N) is 5. The molecule has 1 aromatic carbocycles. The summed E-state index contributed by atoms with van der Waals surface area (Å²) in [6.45, 7) is 8.94. The van der Waals surface area contributed by atoms with Crippen molar-refractivity contribution in [3.63, 3.8) is 0 Å². The fourth-order valence-electron chi connectivity index (χ4n) is 4.09. The van der Waals surface area contributed by atoms with E-state index in [4.69, 9.17) is 10.1 Å². The van der Waals surface area contributed by atoms with E-state index in [2.05, 4.69) is 79.5 Å². The fourth-order valence-corrected chi connectivity index (χ4v) is 4.82. The molecule has 0 radical (unpaired) electrons. The maximum absolute atomic E-state index is 12.1. The van der Waals surface area contributed by atoms with Crippen LogP contribution in [0, 0.1) is 19.3 Å². The SMILES string of the molecule is C=CC(=O)N1CCCC(Nc2ncnc(N(I)I)c2C(=N)c2ccc(Oc3ccc(C)c(C)c3)nc2)C1. The van der Waals surface area contributed by atoms with E-state index in [1.807, 2.05) is 31.2 Å². The van der Waals surface area contributed by atoms with Gasteiger partial charge in [0.15, 0.2) is 5.82 Å². The van der Waals surface area contributed by atoms with Gasteiger partial charge in [-0.1, -0.05) is 12.6 Å². The molecule has 0 aliphatic carbocycles. The van der Waals surface area contributed by atoms with Crippen molar-refractivity contribution in [1.29, 1.82) is 5.41 Å². The number of hydrogen-bond donors (Lipinski definition) is 2. The lowest BCUT2D eigenvalue weighted by Gasteiger charge is -2.33. The predicted octanol–water partition coefficient (Wildman–Crippen LogP) is 5.79. The number of amides is 1. The van der Waals surface area contributed by atoms with Crippen LogP contribution in [0.2, 0.25) is 0 Å². The molecule has 1 aliphatic rings. The third kappa shape index (κ3) is 6.55. The Bertz CT molecular complexity index is 1310. The molecule has 1 unspecified atom stereocenters. The largest absolute Gasteiger partial charge is 0.439 e. The number of benzene rings is 1. The third-order valence-corrected chi connectivity index (χ3v) is 7.13. The molecule has 1 saturated heterocycles. The summed E-state index contributed by atoms with van der Waals surface area (Å²) in [5.41, 5.74) is 3.74. The zero-order valence-electron chi connectivity index (χ0n) is 20.5. The van der Waals surface area contributed by atoms with Crippen molar-refractivity contribution in [3.05, 3.63) is 77.8 Å². The van der Waals surface area contributed by atoms with Crippen molar-refractivity contribution in [2.75, 3.05) is 19.7 Å². The van der Waals surface area contributed by atoms with E-state index < -0.39 is 0 Å². The minimum absolute atomic E-state index is 0.00399. The van der Waals surface area contributed by atoms with Gasteiger partial charge in [-0.05, 0) is 62.1 Å². The highest BCUT2D eigenvalue weighted by Crippen LogP contribution is 2.32. The number of likely N-dealkylation sites (tertiary alicyclic amines) is 1. The molecule has 0 bridgehead atoms. The highest BCUT2D eigenvalue weighted by molar-refractivity contribution is 14.2. The maximum Gasteiger partial charge on any atom is 0.246 e. The van der Waals surface area contributed by atoms with Gasteiger partial charge in [-0.3, -0.25) is 10.2 Å². The van der Waals surface area contributed by atoms with E-state index in [0.29, 0.717) is 47.5 Å². The lowest BCUT2D eigenvalue weighted by molar-refractivity contribution is -0.127. The van der Waals surface area contributed by atoms with Crippen LogP contribution in [-0.4, -0.2) is 50.6 Å². The van der Waals surface area contributed by atoms with Gasteiger partial charge in [0, 0.05) is 37.0 Å².